The first-order valence-corrected chi connectivity index (χ1v) is 8.95. The van der Waals surface area contributed by atoms with Gasteiger partial charge in [0.2, 0.25) is 5.91 Å². The molecule has 0 spiro atoms. The highest BCUT2D eigenvalue weighted by Crippen LogP contribution is 2.23. The summed E-state index contributed by atoms with van der Waals surface area (Å²) in [6.07, 6.45) is 4.85. The van der Waals surface area contributed by atoms with Gasteiger partial charge in [-0.05, 0) is 44.4 Å². The summed E-state index contributed by atoms with van der Waals surface area (Å²) in [5, 5.41) is 3.17. The third-order valence-corrected chi connectivity index (χ3v) is 4.77. The summed E-state index contributed by atoms with van der Waals surface area (Å²) < 4.78 is 0. The zero-order chi connectivity index (χ0) is 17.6. The van der Waals surface area contributed by atoms with Crippen LogP contribution >= 0.6 is 0 Å². The molecule has 0 aliphatic carbocycles. The van der Waals surface area contributed by atoms with Crippen molar-refractivity contribution in [2.24, 2.45) is 0 Å². The molecule has 1 amide bonds. The molecule has 0 saturated carbocycles. The van der Waals surface area contributed by atoms with Crippen LogP contribution in [0.3, 0.4) is 0 Å². The van der Waals surface area contributed by atoms with Gasteiger partial charge in [-0.15, -0.1) is 0 Å². The van der Waals surface area contributed by atoms with Gasteiger partial charge in [0.25, 0.3) is 0 Å². The smallest absolute Gasteiger partial charge is 0.217 e. The van der Waals surface area contributed by atoms with Gasteiger partial charge in [0.15, 0.2) is 0 Å². The molecule has 5 nitrogen and oxygen atoms in total. The Morgan fingerprint density at radius 1 is 1.28 bits per heavy atom. The molecule has 2 aromatic rings. The van der Waals surface area contributed by atoms with E-state index in [4.69, 9.17) is 0 Å². The number of nitrogens with one attached hydrogen (secondary N) is 1. The van der Waals surface area contributed by atoms with Crippen molar-refractivity contribution in [1.82, 2.24) is 20.2 Å². The Morgan fingerprint density at radius 2 is 2.08 bits per heavy atom. The number of carbonyl (C=O) groups is 1. The molecule has 1 saturated heterocycles. The number of aromatic nitrogens is 2. The van der Waals surface area contributed by atoms with Gasteiger partial charge in [0.05, 0.1) is 5.69 Å². The zero-order valence-corrected chi connectivity index (χ0v) is 15.0. The first-order chi connectivity index (χ1) is 12.1. The number of benzene rings is 1. The summed E-state index contributed by atoms with van der Waals surface area (Å²) in [6, 6.07) is 12.9. The molecule has 0 radical (unpaired) electrons. The molecule has 0 unspecified atom stereocenters. The lowest BCUT2D eigenvalue weighted by Gasteiger charge is -2.41. The summed E-state index contributed by atoms with van der Waals surface area (Å²) in [5.74, 6) is 0.843. The minimum absolute atomic E-state index is 0.0443. The van der Waals surface area contributed by atoms with E-state index in [-0.39, 0.29) is 18.0 Å². The molecule has 3 rings (SSSR count). The fourth-order valence-corrected chi connectivity index (χ4v) is 3.68. The Hall–Kier alpha value is -2.27. The van der Waals surface area contributed by atoms with Gasteiger partial charge < -0.3 is 5.32 Å². The number of piperidine rings is 1. The van der Waals surface area contributed by atoms with Gasteiger partial charge in [-0.3, -0.25) is 9.69 Å². The number of aryl methyl sites for hydroxylation is 1. The average Bonchev–Trinajstić information content (AvgIpc) is 2.58. The van der Waals surface area contributed by atoms with Gasteiger partial charge in [-0.1, -0.05) is 30.3 Å². The monoisotopic (exact) mass is 338 g/mol. The number of hydrogen-bond acceptors (Lipinski definition) is 4. The summed E-state index contributed by atoms with van der Waals surface area (Å²) in [7, 11) is 0. The minimum Gasteiger partial charge on any atom is -0.352 e. The maximum Gasteiger partial charge on any atom is 0.217 e. The lowest BCUT2D eigenvalue weighted by molar-refractivity contribution is -0.120. The highest BCUT2D eigenvalue weighted by Gasteiger charge is 2.32. The van der Waals surface area contributed by atoms with Gasteiger partial charge in [0.1, 0.15) is 5.82 Å². The molecule has 25 heavy (non-hydrogen) atoms. The summed E-state index contributed by atoms with van der Waals surface area (Å²) in [5.41, 5.74) is 2.34. The molecule has 1 aromatic carbocycles. The van der Waals surface area contributed by atoms with E-state index in [1.165, 1.54) is 5.56 Å². The van der Waals surface area contributed by atoms with Crippen LogP contribution in [-0.4, -0.2) is 39.4 Å². The second kappa shape index (κ2) is 8.21. The summed E-state index contributed by atoms with van der Waals surface area (Å²) >= 11 is 0. The Morgan fingerprint density at radius 3 is 2.80 bits per heavy atom. The van der Waals surface area contributed by atoms with Gasteiger partial charge in [-0.25, -0.2) is 9.97 Å². The third-order valence-electron chi connectivity index (χ3n) is 4.77. The van der Waals surface area contributed by atoms with Gasteiger partial charge in [-0.2, -0.15) is 0 Å². The maximum atomic E-state index is 11.7. The van der Waals surface area contributed by atoms with Gasteiger partial charge >= 0.3 is 0 Å². The van der Waals surface area contributed by atoms with Crippen LogP contribution < -0.4 is 5.32 Å². The fraction of sp³-hybridized carbons (Fsp3) is 0.450. The Bertz CT molecular complexity index is 704. The van der Waals surface area contributed by atoms with Crippen molar-refractivity contribution in [3.63, 3.8) is 0 Å². The number of amides is 1. The van der Waals surface area contributed by atoms with E-state index >= 15 is 0 Å². The lowest BCUT2D eigenvalue weighted by atomic mass is 9.90. The van der Waals surface area contributed by atoms with Crippen LogP contribution in [0.25, 0.3) is 0 Å². The highest BCUT2D eigenvalue weighted by atomic mass is 16.1. The largest absolute Gasteiger partial charge is 0.352 e. The van der Waals surface area contributed by atoms with Crippen molar-refractivity contribution in [3.8, 4) is 0 Å². The SMILES string of the molecule is CC(=O)N[C@H]1CCCN(Cc2ccnc(C)n2)[C@H]1Cc1ccccc1. The standard InChI is InChI=1S/C20H26N4O/c1-15-21-11-10-18(22-15)14-24-12-6-9-19(23-16(2)25)20(24)13-17-7-4-3-5-8-17/h3-5,7-8,10-11,19-20H,6,9,12-14H2,1-2H3,(H,23,25)/t19-,20-/m0/s1. The molecular formula is C20H26N4O. The topological polar surface area (TPSA) is 58.1 Å². The van der Waals surface area contributed by atoms with Crippen LogP contribution in [0.2, 0.25) is 0 Å². The van der Waals surface area contributed by atoms with Crippen molar-refractivity contribution < 1.29 is 4.79 Å². The van der Waals surface area contributed by atoms with E-state index in [0.29, 0.717) is 0 Å². The number of nitrogens with zero attached hydrogens (tertiary/aromatic N) is 3. The van der Waals surface area contributed by atoms with Crippen LogP contribution in [0, 0.1) is 6.92 Å². The minimum atomic E-state index is 0.0443. The second-order valence-electron chi connectivity index (χ2n) is 6.77. The van der Waals surface area contributed by atoms with Crippen LogP contribution in [0.1, 0.15) is 36.8 Å². The Labute approximate surface area is 149 Å². The molecule has 1 aliphatic rings. The van der Waals surface area contributed by atoms with E-state index < -0.39 is 0 Å². The highest BCUT2D eigenvalue weighted by molar-refractivity contribution is 5.73. The quantitative estimate of drug-likeness (QED) is 0.910. The van der Waals surface area contributed by atoms with Crippen molar-refractivity contribution in [3.05, 3.63) is 59.7 Å². The Balaban J connectivity index is 1.81. The number of rotatable bonds is 5. The molecule has 1 fully saturated rings. The van der Waals surface area contributed by atoms with Crippen molar-refractivity contribution in [1.29, 1.82) is 0 Å². The molecule has 1 aliphatic heterocycles. The average molecular weight is 338 g/mol. The molecule has 0 bridgehead atoms. The molecule has 132 valence electrons. The summed E-state index contributed by atoms with van der Waals surface area (Å²) in [4.78, 5) is 22.9. The number of hydrogen-bond donors (Lipinski definition) is 1. The molecule has 2 atom stereocenters. The van der Waals surface area contributed by atoms with E-state index in [9.17, 15) is 4.79 Å². The predicted octanol–water partition coefficient (Wildman–Crippen LogP) is 2.50. The number of carbonyl (C=O) groups excluding carboxylic acids is 1. The van der Waals surface area contributed by atoms with E-state index in [2.05, 4.69) is 44.5 Å². The van der Waals surface area contributed by atoms with Crippen LogP contribution in [0.15, 0.2) is 42.6 Å². The first-order valence-electron chi connectivity index (χ1n) is 8.95. The maximum absolute atomic E-state index is 11.7. The third kappa shape index (κ3) is 4.86. The molecule has 1 N–H and O–H groups in total. The van der Waals surface area contributed by atoms with Crippen LogP contribution in [0.4, 0.5) is 0 Å². The molecule has 1 aromatic heterocycles. The van der Waals surface area contributed by atoms with Crippen LogP contribution in [-0.2, 0) is 17.8 Å². The van der Waals surface area contributed by atoms with E-state index in [0.717, 1.165) is 43.9 Å². The molecular weight excluding hydrogens is 312 g/mol. The predicted molar refractivity (Wildman–Crippen MR) is 98.0 cm³/mol. The number of likely N-dealkylation sites (tertiary alicyclic amines) is 1. The molecule has 5 heteroatoms. The summed E-state index contributed by atoms with van der Waals surface area (Å²) in [6.45, 7) is 5.33. The van der Waals surface area contributed by atoms with E-state index in [1.807, 2.05) is 25.3 Å². The fourth-order valence-electron chi connectivity index (χ4n) is 3.68. The zero-order valence-electron chi connectivity index (χ0n) is 15.0. The van der Waals surface area contributed by atoms with Gasteiger partial charge in [0, 0.05) is 31.7 Å². The van der Waals surface area contributed by atoms with Crippen molar-refractivity contribution in [2.75, 3.05) is 6.54 Å². The second-order valence-corrected chi connectivity index (χ2v) is 6.77. The lowest BCUT2D eigenvalue weighted by Crippen LogP contribution is -2.55. The van der Waals surface area contributed by atoms with E-state index in [1.54, 1.807) is 6.92 Å². The molecule has 2 heterocycles. The van der Waals surface area contributed by atoms with Crippen LogP contribution in [0.5, 0.6) is 0 Å². The van der Waals surface area contributed by atoms with Crippen molar-refractivity contribution in [2.45, 2.75) is 51.7 Å². The normalized spacial score (nSPS) is 21.0. The Kier molecular flexibility index (Phi) is 5.76. The first kappa shape index (κ1) is 17.5. The van der Waals surface area contributed by atoms with Crippen molar-refractivity contribution >= 4 is 5.91 Å².